The molecule has 0 radical (unpaired) electrons. The van der Waals surface area contributed by atoms with Crippen molar-refractivity contribution in [2.45, 2.75) is 19.4 Å². The number of rotatable bonds is 10. The first-order valence-corrected chi connectivity index (χ1v) is 9.45. The molecule has 0 aliphatic rings. The van der Waals surface area contributed by atoms with Gasteiger partial charge in [-0.3, -0.25) is 4.79 Å². The molecule has 3 aromatic rings. The fraction of sp³-hybridized carbons (Fsp3) is 0.261. The lowest BCUT2D eigenvalue weighted by Crippen LogP contribution is -2.23. The predicted octanol–water partition coefficient (Wildman–Crippen LogP) is 3.96. The van der Waals surface area contributed by atoms with E-state index in [9.17, 15) is 4.79 Å². The fourth-order valence-corrected chi connectivity index (χ4v) is 2.86. The molecular formula is C23H26N2O3. The molecule has 5 heteroatoms. The summed E-state index contributed by atoms with van der Waals surface area (Å²) in [6, 6.07) is 22.0. The Kier molecular flexibility index (Phi) is 7.27. The van der Waals surface area contributed by atoms with E-state index in [1.807, 2.05) is 48.5 Å². The maximum absolute atomic E-state index is 12.1. The number of hydrogen-bond acceptors (Lipinski definition) is 3. The van der Waals surface area contributed by atoms with Gasteiger partial charge in [-0.15, -0.1) is 0 Å². The number of aryl methyl sites for hydroxylation is 1. The molecule has 1 aromatic heterocycles. The molecule has 0 atom stereocenters. The summed E-state index contributed by atoms with van der Waals surface area (Å²) in [5.74, 6) is 0.837. The van der Waals surface area contributed by atoms with Gasteiger partial charge in [0, 0.05) is 31.5 Å². The van der Waals surface area contributed by atoms with Crippen LogP contribution in [0.15, 0.2) is 66.7 Å². The normalized spacial score (nSPS) is 10.6. The third-order valence-corrected chi connectivity index (χ3v) is 4.42. The molecule has 1 amide bonds. The first kappa shape index (κ1) is 19.7. The number of amides is 1. The van der Waals surface area contributed by atoms with Gasteiger partial charge in [0.2, 0.25) is 5.91 Å². The predicted molar refractivity (Wildman–Crippen MR) is 110 cm³/mol. The van der Waals surface area contributed by atoms with Crippen molar-refractivity contribution in [1.82, 2.24) is 10.3 Å². The Labute approximate surface area is 165 Å². The topological polar surface area (TPSA) is 63.4 Å². The molecule has 3 rings (SSSR count). The van der Waals surface area contributed by atoms with Crippen LogP contribution in [0.1, 0.15) is 17.7 Å². The number of carbonyl (C=O) groups is 1. The van der Waals surface area contributed by atoms with E-state index in [2.05, 4.69) is 28.5 Å². The van der Waals surface area contributed by atoms with Gasteiger partial charge < -0.3 is 19.8 Å². The monoisotopic (exact) mass is 378 g/mol. The van der Waals surface area contributed by atoms with E-state index >= 15 is 0 Å². The Morgan fingerprint density at radius 2 is 1.75 bits per heavy atom. The van der Waals surface area contributed by atoms with Crippen molar-refractivity contribution >= 4 is 5.91 Å². The Morgan fingerprint density at radius 1 is 0.964 bits per heavy atom. The summed E-state index contributed by atoms with van der Waals surface area (Å²) in [6.45, 7) is 1.60. The number of carbonyl (C=O) groups excluding carboxylic acids is 1. The number of aromatic amines is 1. The zero-order valence-electron chi connectivity index (χ0n) is 16.1. The second-order valence-corrected chi connectivity index (χ2v) is 6.53. The van der Waals surface area contributed by atoms with E-state index in [-0.39, 0.29) is 5.91 Å². The Hall–Kier alpha value is -3.05. The van der Waals surface area contributed by atoms with E-state index in [1.165, 1.54) is 0 Å². The first-order chi connectivity index (χ1) is 13.7. The first-order valence-electron chi connectivity index (χ1n) is 9.45. The summed E-state index contributed by atoms with van der Waals surface area (Å²) in [5, 5.41) is 2.97. The number of hydrogen-bond donors (Lipinski definition) is 2. The van der Waals surface area contributed by atoms with Crippen molar-refractivity contribution in [2.24, 2.45) is 0 Å². The lowest BCUT2D eigenvalue weighted by molar-refractivity contribution is -0.121. The Balaban J connectivity index is 1.41. The molecule has 1 heterocycles. The Bertz CT molecular complexity index is 857. The van der Waals surface area contributed by atoms with Gasteiger partial charge in [-0.1, -0.05) is 42.5 Å². The number of aromatic nitrogens is 1. The summed E-state index contributed by atoms with van der Waals surface area (Å²) >= 11 is 0. The van der Waals surface area contributed by atoms with Gasteiger partial charge >= 0.3 is 0 Å². The average Bonchev–Trinajstić information content (AvgIpc) is 3.22. The van der Waals surface area contributed by atoms with Crippen LogP contribution in [0.5, 0.6) is 5.75 Å². The van der Waals surface area contributed by atoms with Crippen LogP contribution in [-0.2, 0) is 22.5 Å². The second kappa shape index (κ2) is 10.3. The minimum atomic E-state index is 0.0382. The minimum Gasteiger partial charge on any atom is -0.491 e. The van der Waals surface area contributed by atoms with Gasteiger partial charge in [-0.25, -0.2) is 0 Å². The standard InChI is InChI=1S/C23H26N2O3/c1-27-15-16-28-21-11-7-18(8-12-21)17-24-23(26)14-10-20-9-13-22(25-20)19-5-3-2-4-6-19/h2-9,11-13,25H,10,14-17H2,1H3,(H,24,26). The Morgan fingerprint density at radius 3 is 2.50 bits per heavy atom. The summed E-state index contributed by atoms with van der Waals surface area (Å²) in [6.07, 6.45) is 1.14. The van der Waals surface area contributed by atoms with Gasteiger partial charge in [-0.05, 0) is 41.8 Å². The average molecular weight is 378 g/mol. The van der Waals surface area contributed by atoms with Crippen molar-refractivity contribution in [1.29, 1.82) is 0 Å². The molecule has 28 heavy (non-hydrogen) atoms. The number of ether oxygens (including phenoxy) is 2. The molecule has 0 aliphatic carbocycles. The molecule has 146 valence electrons. The maximum atomic E-state index is 12.1. The molecule has 5 nitrogen and oxygen atoms in total. The SMILES string of the molecule is COCCOc1ccc(CNC(=O)CCc2ccc(-c3ccccc3)[nH]2)cc1. The lowest BCUT2D eigenvalue weighted by atomic mass is 10.2. The van der Waals surface area contributed by atoms with Crippen molar-refractivity contribution in [2.75, 3.05) is 20.3 Å². The van der Waals surface area contributed by atoms with Crippen LogP contribution in [0.25, 0.3) is 11.3 Å². The van der Waals surface area contributed by atoms with Gasteiger partial charge in [-0.2, -0.15) is 0 Å². The summed E-state index contributed by atoms with van der Waals surface area (Å²) in [7, 11) is 1.65. The molecule has 2 aromatic carbocycles. The third-order valence-electron chi connectivity index (χ3n) is 4.42. The number of H-pyrrole nitrogens is 1. The maximum Gasteiger partial charge on any atom is 0.220 e. The van der Waals surface area contributed by atoms with Crippen molar-refractivity contribution in [3.63, 3.8) is 0 Å². The highest BCUT2D eigenvalue weighted by Gasteiger charge is 2.06. The van der Waals surface area contributed by atoms with E-state index in [0.717, 1.165) is 28.3 Å². The number of methoxy groups -OCH3 is 1. The number of benzene rings is 2. The van der Waals surface area contributed by atoms with E-state index in [4.69, 9.17) is 9.47 Å². The summed E-state index contributed by atoms with van der Waals surface area (Å²) < 4.78 is 10.5. The quantitative estimate of drug-likeness (QED) is 0.525. The highest BCUT2D eigenvalue weighted by atomic mass is 16.5. The van der Waals surface area contributed by atoms with Crippen molar-refractivity contribution in [3.05, 3.63) is 78.0 Å². The minimum absolute atomic E-state index is 0.0382. The van der Waals surface area contributed by atoms with E-state index in [1.54, 1.807) is 7.11 Å². The van der Waals surface area contributed by atoms with Gasteiger partial charge in [0.1, 0.15) is 12.4 Å². The molecule has 0 fully saturated rings. The third kappa shape index (κ3) is 5.99. The van der Waals surface area contributed by atoms with Crippen molar-refractivity contribution < 1.29 is 14.3 Å². The zero-order chi connectivity index (χ0) is 19.6. The largest absolute Gasteiger partial charge is 0.491 e. The van der Waals surface area contributed by atoms with Crippen LogP contribution < -0.4 is 10.1 Å². The molecular weight excluding hydrogens is 352 g/mol. The van der Waals surface area contributed by atoms with Crippen LogP contribution in [0.3, 0.4) is 0 Å². The lowest BCUT2D eigenvalue weighted by Gasteiger charge is -2.08. The molecule has 0 saturated carbocycles. The second-order valence-electron chi connectivity index (χ2n) is 6.53. The van der Waals surface area contributed by atoms with Gasteiger partial charge in [0.05, 0.1) is 6.61 Å². The number of nitrogens with one attached hydrogen (secondary N) is 2. The van der Waals surface area contributed by atoms with Crippen LogP contribution in [0, 0.1) is 0 Å². The van der Waals surface area contributed by atoms with Gasteiger partial charge in [0.25, 0.3) is 0 Å². The van der Waals surface area contributed by atoms with Gasteiger partial charge in [0.15, 0.2) is 0 Å². The molecule has 0 spiro atoms. The zero-order valence-corrected chi connectivity index (χ0v) is 16.1. The van der Waals surface area contributed by atoms with E-state index in [0.29, 0.717) is 32.6 Å². The molecule has 0 bridgehead atoms. The van der Waals surface area contributed by atoms with Crippen LogP contribution >= 0.6 is 0 Å². The molecule has 0 unspecified atom stereocenters. The van der Waals surface area contributed by atoms with Crippen LogP contribution in [0.4, 0.5) is 0 Å². The smallest absolute Gasteiger partial charge is 0.220 e. The summed E-state index contributed by atoms with van der Waals surface area (Å²) in [5.41, 5.74) is 4.32. The van der Waals surface area contributed by atoms with E-state index < -0.39 is 0 Å². The molecule has 2 N–H and O–H groups in total. The molecule has 0 saturated heterocycles. The van der Waals surface area contributed by atoms with Crippen molar-refractivity contribution in [3.8, 4) is 17.0 Å². The van der Waals surface area contributed by atoms with Crippen LogP contribution in [0.2, 0.25) is 0 Å². The van der Waals surface area contributed by atoms with Crippen LogP contribution in [-0.4, -0.2) is 31.2 Å². The highest BCUT2D eigenvalue weighted by Crippen LogP contribution is 2.18. The summed E-state index contributed by atoms with van der Waals surface area (Å²) in [4.78, 5) is 15.5. The molecule has 0 aliphatic heterocycles. The fourth-order valence-electron chi connectivity index (χ4n) is 2.86. The highest BCUT2D eigenvalue weighted by molar-refractivity contribution is 5.76.